The lowest BCUT2D eigenvalue weighted by Crippen LogP contribution is -2.19. The molecular formula is C23H15I2N3O7S2. The van der Waals surface area contributed by atoms with Crippen molar-refractivity contribution in [1.82, 2.24) is 5.32 Å². The molecule has 0 unspecified atom stereocenters. The van der Waals surface area contributed by atoms with E-state index >= 15 is 0 Å². The third kappa shape index (κ3) is 6.60. The maximum Gasteiger partial charge on any atom is 0.339 e. The number of carbonyl (C=O) groups is 1. The van der Waals surface area contributed by atoms with Gasteiger partial charge in [0, 0.05) is 15.7 Å². The first kappa shape index (κ1) is 27.3. The average Bonchev–Trinajstić information content (AvgIpc) is 3.20. The van der Waals surface area contributed by atoms with Gasteiger partial charge in [0.1, 0.15) is 4.90 Å². The third-order valence-corrected chi connectivity index (χ3v) is 8.45. The number of aliphatic imine (C=N–C) groups is 1. The van der Waals surface area contributed by atoms with Gasteiger partial charge in [0.2, 0.25) is 0 Å². The van der Waals surface area contributed by atoms with Crippen LogP contribution in [0.5, 0.6) is 11.5 Å². The maximum atomic E-state index is 12.8. The predicted molar refractivity (Wildman–Crippen MR) is 157 cm³/mol. The van der Waals surface area contributed by atoms with Crippen LogP contribution < -0.4 is 14.2 Å². The number of thioether (sulfide) groups is 1. The molecule has 1 heterocycles. The first-order valence-electron chi connectivity index (χ1n) is 10.2. The molecule has 0 bridgehead atoms. The molecule has 10 nitrogen and oxygen atoms in total. The molecule has 0 atom stereocenters. The number of methoxy groups -OCH3 is 1. The Morgan fingerprint density at radius 3 is 2.38 bits per heavy atom. The second-order valence-electron chi connectivity index (χ2n) is 7.28. The van der Waals surface area contributed by atoms with E-state index in [4.69, 9.17) is 8.92 Å². The number of hydrogen-bond acceptors (Lipinski definition) is 9. The van der Waals surface area contributed by atoms with Crippen LogP contribution in [0.3, 0.4) is 0 Å². The van der Waals surface area contributed by atoms with Gasteiger partial charge in [-0.3, -0.25) is 14.9 Å². The molecule has 3 aromatic rings. The van der Waals surface area contributed by atoms with Gasteiger partial charge in [0.05, 0.1) is 26.2 Å². The molecule has 0 aliphatic carbocycles. The van der Waals surface area contributed by atoms with Gasteiger partial charge in [0.15, 0.2) is 16.7 Å². The number of amidine groups is 1. The molecule has 37 heavy (non-hydrogen) atoms. The molecule has 1 fully saturated rings. The summed E-state index contributed by atoms with van der Waals surface area (Å²) in [6, 6.07) is 15.0. The number of ether oxygens (including phenoxy) is 1. The van der Waals surface area contributed by atoms with Gasteiger partial charge in [-0.25, -0.2) is 4.99 Å². The van der Waals surface area contributed by atoms with Crippen molar-refractivity contribution in [3.63, 3.8) is 0 Å². The molecule has 14 heteroatoms. The van der Waals surface area contributed by atoms with E-state index in [9.17, 15) is 23.3 Å². The number of halogens is 2. The quantitative estimate of drug-likeness (QED) is 0.110. The normalized spacial score (nSPS) is 15.6. The van der Waals surface area contributed by atoms with Gasteiger partial charge in [-0.05, 0) is 117 Å². The van der Waals surface area contributed by atoms with Crippen LogP contribution in [0.2, 0.25) is 0 Å². The van der Waals surface area contributed by atoms with Gasteiger partial charge in [-0.2, -0.15) is 8.42 Å². The van der Waals surface area contributed by atoms with Crippen LogP contribution in [0.1, 0.15) is 5.56 Å². The molecule has 1 aliphatic heterocycles. The van der Waals surface area contributed by atoms with Crippen molar-refractivity contribution in [1.29, 1.82) is 0 Å². The summed E-state index contributed by atoms with van der Waals surface area (Å²) in [5.41, 5.74) is 1.04. The number of hydrogen-bond donors (Lipinski definition) is 1. The summed E-state index contributed by atoms with van der Waals surface area (Å²) in [6.07, 6.45) is 1.63. The van der Waals surface area contributed by atoms with Gasteiger partial charge < -0.3 is 14.2 Å². The molecule has 3 aromatic carbocycles. The Balaban J connectivity index is 1.58. The van der Waals surface area contributed by atoms with E-state index in [2.05, 4.69) is 32.9 Å². The second kappa shape index (κ2) is 11.4. The van der Waals surface area contributed by atoms with Gasteiger partial charge in [0.25, 0.3) is 11.6 Å². The van der Waals surface area contributed by atoms with Crippen molar-refractivity contribution >= 4 is 95.6 Å². The molecule has 4 rings (SSSR count). The Morgan fingerprint density at radius 1 is 1.08 bits per heavy atom. The van der Waals surface area contributed by atoms with E-state index in [0.29, 0.717) is 24.9 Å². The summed E-state index contributed by atoms with van der Waals surface area (Å²) in [6.45, 7) is 0. The highest BCUT2D eigenvalue weighted by atomic mass is 127. The number of rotatable bonds is 7. The fourth-order valence-electron chi connectivity index (χ4n) is 3.06. The fraction of sp³-hybridized carbons (Fsp3) is 0.0435. The number of amides is 1. The molecule has 1 aliphatic rings. The first-order chi connectivity index (χ1) is 17.6. The van der Waals surface area contributed by atoms with Crippen molar-refractivity contribution in [2.24, 2.45) is 4.99 Å². The number of nitrogens with one attached hydrogen (secondary N) is 1. The number of nitro benzene ring substituents is 1. The van der Waals surface area contributed by atoms with Crippen LogP contribution in [-0.2, 0) is 14.9 Å². The van der Waals surface area contributed by atoms with Crippen molar-refractivity contribution in [3.05, 3.63) is 88.4 Å². The van der Waals surface area contributed by atoms with E-state index < -0.39 is 15.0 Å². The molecule has 0 radical (unpaired) electrons. The zero-order valence-electron chi connectivity index (χ0n) is 18.7. The highest BCUT2D eigenvalue weighted by molar-refractivity contribution is 14.1. The number of carbonyl (C=O) groups excluding carboxylic acids is 1. The standard InChI is InChI=1S/C23H15I2N3O7S2/c1-34-19-11-13(12-20-22(29)27-23(36-20)26-15-4-2-14(24)3-5-15)10-18(25)21(19)35-37(32,33)17-8-6-16(7-9-17)28(30)31/h2-12H,1H3,(H,26,27,29)/b20-12+. The second-order valence-corrected chi connectivity index (χ2v) is 12.3. The number of nitro groups is 1. The van der Waals surface area contributed by atoms with Gasteiger partial charge in [-0.15, -0.1) is 0 Å². The number of non-ortho nitro benzene ring substituents is 1. The van der Waals surface area contributed by atoms with E-state index in [1.807, 2.05) is 46.9 Å². The van der Waals surface area contributed by atoms with Crippen LogP contribution in [0.15, 0.2) is 75.5 Å². The summed E-state index contributed by atoms with van der Waals surface area (Å²) in [5.74, 6) is -0.238. The van der Waals surface area contributed by atoms with Gasteiger partial charge >= 0.3 is 10.1 Å². The first-order valence-corrected chi connectivity index (χ1v) is 14.6. The average molecular weight is 763 g/mol. The van der Waals surface area contributed by atoms with Crippen molar-refractivity contribution in [3.8, 4) is 11.5 Å². The van der Waals surface area contributed by atoms with Crippen molar-refractivity contribution in [2.75, 3.05) is 7.11 Å². The Bertz CT molecular complexity index is 1560. The van der Waals surface area contributed by atoms with Crippen LogP contribution in [0.4, 0.5) is 11.4 Å². The lowest BCUT2D eigenvalue weighted by atomic mass is 10.2. The molecular weight excluding hydrogens is 748 g/mol. The number of benzene rings is 3. The zero-order chi connectivity index (χ0) is 26.7. The smallest absolute Gasteiger partial charge is 0.339 e. The van der Waals surface area contributed by atoms with Crippen LogP contribution in [0, 0.1) is 17.3 Å². The van der Waals surface area contributed by atoms with Crippen molar-refractivity contribution in [2.45, 2.75) is 4.90 Å². The molecule has 1 saturated heterocycles. The topological polar surface area (TPSA) is 137 Å². The Kier molecular flexibility index (Phi) is 8.39. The van der Waals surface area contributed by atoms with Crippen molar-refractivity contribution < 1.29 is 27.1 Å². The molecule has 1 N–H and O–H groups in total. The number of nitrogens with zero attached hydrogens (tertiary/aromatic N) is 2. The third-order valence-electron chi connectivity index (χ3n) is 4.79. The highest BCUT2D eigenvalue weighted by Gasteiger charge is 2.26. The summed E-state index contributed by atoms with van der Waals surface area (Å²) >= 11 is 5.27. The fourth-order valence-corrected chi connectivity index (χ4v) is 6.10. The Morgan fingerprint density at radius 2 is 1.76 bits per heavy atom. The minimum atomic E-state index is -4.30. The molecule has 190 valence electrons. The zero-order valence-corrected chi connectivity index (χ0v) is 24.6. The highest BCUT2D eigenvalue weighted by Crippen LogP contribution is 2.38. The van der Waals surface area contributed by atoms with Crippen LogP contribution in [-0.4, -0.2) is 31.5 Å². The summed E-state index contributed by atoms with van der Waals surface area (Å²) in [4.78, 5) is 27.3. The van der Waals surface area contributed by atoms with E-state index in [-0.39, 0.29) is 28.0 Å². The lowest BCUT2D eigenvalue weighted by molar-refractivity contribution is -0.384. The monoisotopic (exact) mass is 763 g/mol. The van der Waals surface area contributed by atoms with Crippen LogP contribution >= 0.6 is 56.9 Å². The molecule has 0 aromatic heterocycles. The maximum absolute atomic E-state index is 12.8. The summed E-state index contributed by atoms with van der Waals surface area (Å²) < 4.78 is 37.7. The van der Waals surface area contributed by atoms with E-state index in [1.54, 1.807) is 12.1 Å². The predicted octanol–water partition coefficient (Wildman–Crippen LogP) is 5.47. The summed E-state index contributed by atoms with van der Waals surface area (Å²) in [7, 11) is -2.94. The molecule has 0 saturated carbocycles. The minimum Gasteiger partial charge on any atom is -0.493 e. The van der Waals surface area contributed by atoms with E-state index in [0.717, 1.165) is 27.8 Å². The Labute approximate surface area is 243 Å². The molecule has 1 amide bonds. The molecule has 0 spiro atoms. The van der Waals surface area contributed by atoms with Gasteiger partial charge in [-0.1, -0.05) is 0 Å². The largest absolute Gasteiger partial charge is 0.493 e. The van der Waals surface area contributed by atoms with Crippen LogP contribution in [0.25, 0.3) is 6.08 Å². The Hall–Kier alpha value is -2.70. The minimum absolute atomic E-state index is 0.0481. The SMILES string of the molecule is COc1cc(/C=C2/SC(=Nc3ccc(I)cc3)NC2=O)cc(I)c1OS(=O)(=O)c1ccc([N+](=O)[O-])cc1. The summed E-state index contributed by atoms with van der Waals surface area (Å²) in [5, 5.41) is 14.0. The lowest BCUT2D eigenvalue weighted by Gasteiger charge is -2.13. The van der Waals surface area contributed by atoms with E-state index in [1.165, 1.54) is 24.9 Å².